The average molecular weight is 278 g/mol. The minimum atomic E-state index is -0.129. The Balaban J connectivity index is 2.15. The van der Waals surface area contributed by atoms with Crippen molar-refractivity contribution in [3.05, 3.63) is 29.8 Å². The van der Waals surface area contributed by atoms with Crippen LogP contribution in [0, 0.1) is 0 Å². The van der Waals surface area contributed by atoms with Gasteiger partial charge in [-0.05, 0) is 18.1 Å². The fourth-order valence-electron chi connectivity index (χ4n) is 2.60. The van der Waals surface area contributed by atoms with E-state index in [9.17, 15) is 4.79 Å². The van der Waals surface area contributed by atoms with E-state index in [1.54, 1.807) is 12.0 Å². The number of fused-ring (bicyclic) bond motifs is 1. The summed E-state index contributed by atoms with van der Waals surface area (Å²) in [5.41, 5.74) is 2.08. The number of aliphatic hydroxyl groups is 1. The van der Waals surface area contributed by atoms with Gasteiger partial charge in [-0.1, -0.05) is 18.2 Å². The van der Waals surface area contributed by atoms with Crippen LogP contribution < -0.4 is 5.32 Å². The molecule has 1 aromatic carbocycles. The van der Waals surface area contributed by atoms with Crippen molar-refractivity contribution in [3.8, 4) is 0 Å². The lowest BCUT2D eigenvalue weighted by Gasteiger charge is -2.31. The molecule has 1 aliphatic rings. The molecule has 2 N–H and O–H groups in total. The van der Waals surface area contributed by atoms with Gasteiger partial charge >= 0.3 is 0 Å². The highest BCUT2D eigenvalue weighted by Gasteiger charge is 2.29. The molecule has 0 bridgehead atoms. The highest BCUT2D eigenvalue weighted by molar-refractivity contribution is 5.86. The van der Waals surface area contributed by atoms with Gasteiger partial charge < -0.3 is 20.1 Å². The van der Waals surface area contributed by atoms with Gasteiger partial charge in [0.1, 0.15) is 0 Å². The lowest BCUT2D eigenvalue weighted by Crippen LogP contribution is -2.40. The second-order valence-corrected chi connectivity index (χ2v) is 4.90. The third-order valence-electron chi connectivity index (χ3n) is 3.63. The lowest BCUT2D eigenvalue weighted by atomic mass is 9.90. The molecule has 1 unspecified atom stereocenters. The van der Waals surface area contributed by atoms with Crippen molar-refractivity contribution in [2.45, 2.75) is 12.3 Å². The first-order chi connectivity index (χ1) is 9.77. The van der Waals surface area contributed by atoms with Crippen LogP contribution in [0.25, 0.3) is 0 Å². The molecule has 0 saturated heterocycles. The van der Waals surface area contributed by atoms with Gasteiger partial charge in [-0.15, -0.1) is 0 Å². The summed E-state index contributed by atoms with van der Waals surface area (Å²) in [5, 5.41) is 12.4. The number of carbonyl (C=O) groups is 1. The maximum atomic E-state index is 12.7. The molecular formula is C15H22N2O3. The zero-order valence-corrected chi connectivity index (χ0v) is 11.8. The van der Waals surface area contributed by atoms with Crippen molar-refractivity contribution in [3.63, 3.8) is 0 Å². The van der Waals surface area contributed by atoms with Crippen LogP contribution in [0.5, 0.6) is 0 Å². The monoisotopic (exact) mass is 278 g/mol. The van der Waals surface area contributed by atoms with Gasteiger partial charge in [-0.2, -0.15) is 0 Å². The van der Waals surface area contributed by atoms with Gasteiger partial charge in [0.05, 0.1) is 19.1 Å². The van der Waals surface area contributed by atoms with Gasteiger partial charge in [-0.25, -0.2) is 0 Å². The number of rotatable bonds is 6. The van der Waals surface area contributed by atoms with Crippen LogP contribution in [0.3, 0.4) is 0 Å². The molecule has 1 aromatic rings. The number of nitrogens with one attached hydrogen (secondary N) is 1. The van der Waals surface area contributed by atoms with Crippen molar-refractivity contribution in [1.82, 2.24) is 4.90 Å². The standard InChI is InChI=1S/C15H22N2O3/c1-20-11-9-17(8-10-18)15(19)13-6-7-16-14-5-3-2-4-12(13)14/h2-5,13,16,18H,6-11H2,1H3. The molecule has 0 aromatic heterocycles. The summed E-state index contributed by atoms with van der Waals surface area (Å²) in [5.74, 6) is -0.0547. The maximum Gasteiger partial charge on any atom is 0.230 e. The number of ether oxygens (including phenoxy) is 1. The summed E-state index contributed by atoms with van der Waals surface area (Å²) in [7, 11) is 1.61. The van der Waals surface area contributed by atoms with Crippen molar-refractivity contribution in [2.75, 3.05) is 45.3 Å². The van der Waals surface area contributed by atoms with Crippen LogP contribution in [0.15, 0.2) is 24.3 Å². The summed E-state index contributed by atoms with van der Waals surface area (Å²) in [6.45, 7) is 2.13. The second-order valence-electron chi connectivity index (χ2n) is 4.90. The van der Waals surface area contributed by atoms with Crippen molar-refractivity contribution >= 4 is 11.6 Å². The number of carbonyl (C=O) groups excluding carboxylic acids is 1. The van der Waals surface area contributed by atoms with Crippen LogP contribution >= 0.6 is 0 Å². The Morgan fingerprint density at radius 1 is 1.45 bits per heavy atom. The number of nitrogens with zero attached hydrogens (tertiary/aromatic N) is 1. The molecule has 0 radical (unpaired) electrons. The van der Waals surface area contributed by atoms with Crippen molar-refractivity contribution in [1.29, 1.82) is 0 Å². The van der Waals surface area contributed by atoms with Gasteiger partial charge in [-0.3, -0.25) is 4.79 Å². The summed E-state index contributed by atoms with van der Waals surface area (Å²) in [6.07, 6.45) is 0.782. The Kier molecular flexibility index (Phi) is 5.38. The van der Waals surface area contributed by atoms with Crippen LogP contribution in [0.1, 0.15) is 17.9 Å². The Bertz CT molecular complexity index is 450. The van der Waals surface area contributed by atoms with Gasteiger partial charge in [0.15, 0.2) is 0 Å². The normalized spacial score (nSPS) is 17.2. The van der Waals surface area contributed by atoms with Crippen molar-refractivity contribution in [2.24, 2.45) is 0 Å². The molecule has 2 rings (SSSR count). The fraction of sp³-hybridized carbons (Fsp3) is 0.533. The predicted molar refractivity (Wildman–Crippen MR) is 77.8 cm³/mol. The number of hydrogen-bond acceptors (Lipinski definition) is 4. The quantitative estimate of drug-likeness (QED) is 0.816. The predicted octanol–water partition coefficient (Wildman–Crippen LogP) is 1.05. The number of methoxy groups -OCH3 is 1. The van der Waals surface area contributed by atoms with Crippen LogP contribution in [-0.4, -0.2) is 55.9 Å². The highest BCUT2D eigenvalue weighted by Crippen LogP contribution is 2.32. The third kappa shape index (κ3) is 3.29. The van der Waals surface area contributed by atoms with E-state index in [4.69, 9.17) is 9.84 Å². The van der Waals surface area contributed by atoms with E-state index in [0.717, 1.165) is 24.2 Å². The van der Waals surface area contributed by atoms with E-state index in [1.807, 2.05) is 24.3 Å². The Morgan fingerprint density at radius 3 is 3.00 bits per heavy atom. The molecule has 5 heteroatoms. The van der Waals surface area contributed by atoms with Crippen LogP contribution in [0.4, 0.5) is 5.69 Å². The average Bonchev–Trinajstić information content (AvgIpc) is 2.50. The largest absolute Gasteiger partial charge is 0.395 e. The van der Waals surface area contributed by atoms with Crippen LogP contribution in [-0.2, 0) is 9.53 Å². The zero-order chi connectivity index (χ0) is 14.4. The molecule has 1 amide bonds. The van der Waals surface area contributed by atoms with E-state index < -0.39 is 0 Å². The molecule has 5 nitrogen and oxygen atoms in total. The first kappa shape index (κ1) is 14.8. The lowest BCUT2D eigenvalue weighted by molar-refractivity contribution is -0.134. The maximum absolute atomic E-state index is 12.7. The van der Waals surface area contributed by atoms with E-state index in [-0.39, 0.29) is 18.4 Å². The van der Waals surface area contributed by atoms with Crippen molar-refractivity contribution < 1.29 is 14.6 Å². The Morgan fingerprint density at radius 2 is 2.25 bits per heavy atom. The second kappa shape index (κ2) is 7.26. The minimum Gasteiger partial charge on any atom is -0.395 e. The van der Waals surface area contributed by atoms with Gasteiger partial charge in [0.2, 0.25) is 5.91 Å². The number of aliphatic hydroxyl groups excluding tert-OH is 1. The zero-order valence-electron chi connectivity index (χ0n) is 11.8. The van der Waals surface area contributed by atoms with E-state index in [2.05, 4.69) is 5.32 Å². The summed E-state index contributed by atoms with van der Waals surface area (Å²) >= 11 is 0. The Labute approximate surface area is 119 Å². The number of hydrogen-bond donors (Lipinski definition) is 2. The Hall–Kier alpha value is -1.59. The molecule has 0 saturated carbocycles. The highest BCUT2D eigenvalue weighted by atomic mass is 16.5. The molecular weight excluding hydrogens is 256 g/mol. The molecule has 0 fully saturated rings. The molecule has 1 atom stereocenters. The number of amides is 1. The molecule has 1 heterocycles. The third-order valence-corrected chi connectivity index (χ3v) is 3.63. The molecule has 20 heavy (non-hydrogen) atoms. The minimum absolute atomic E-state index is 0.0257. The number of anilines is 1. The molecule has 110 valence electrons. The smallest absolute Gasteiger partial charge is 0.230 e. The van der Waals surface area contributed by atoms with Gasteiger partial charge in [0, 0.05) is 32.4 Å². The van der Waals surface area contributed by atoms with Gasteiger partial charge in [0.25, 0.3) is 0 Å². The number of para-hydroxylation sites is 1. The summed E-state index contributed by atoms with van der Waals surface area (Å²) in [6, 6.07) is 7.92. The molecule has 0 aliphatic carbocycles. The fourth-order valence-corrected chi connectivity index (χ4v) is 2.60. The first-order valence-corrected chi connectivity index (χ1v) is 6.99. The molecule has 1 aliphatic heterocycles. The van der Waals surface area contributed by atoms with E-state index >= 15 is 0 Å². The molecule has 0 spiro atoms. The van der Waals surface area contributed by atoms with Crippen LogP contribution in [0.2, 0.25) is 0 Å². The summed E-state index contributed by atoms with van der Waals surface area (Å²) in [4.78, 5) is 14.4. The number of benzene rings is 1. The summed E-state index contributed by atoms with van der Waals surface area (Å²) < 4.78 is 5.04. The van der Waals surface area contributed by atoms with E-state index in [1.165, 1.54) is 0 Å². The topological polar surface area (TPSA) is 61.8 Å². The SMILES string of the molecule is COCCN(CCO)C(=O)C1CCNc2ccccc21. The first-order valence-electron chi connectivity index (χ1n) is 6.99. The van der Waals surface area contributed by atoms with E-state index in [0.29, 0.717) is 19.7 Å².